The molecule has 0 spiro atoms. The van der Waals surface area contributed by atoms with Crippen LogP contribution in [-0.4, -0.2) is 27.9 Å². The predicted octanol–water partition coefficient (Wildman–Crippen LogP) is 2.97. The first-order valence-corrected chi connectivity index (χ1v) is 8.91. The molecule has 4 N–H and O–H groups in total. The van der Waals surface area contributed by atoms with Gasteiger partial charge in [0.15, 0.2) is 0 Å². The van der Waals surface area contributed by atoms with E-state index in [2.05, 4.69) is 20.7 Å². The number of likely N-dealkylation sites (N-methyl/N-ethyl adjacent to an activating group) is 1. The quantitative estimate of drug-likeness (QED) is 0.777. The van der Waals surface area contributed by atoms with Gasteiger partial charge >= 0.3 is 0 Å². The number of rotatable bonds is 3. The van der Waals surface area contributed by atoms with Gasteiger partial charge in [0.1, 0.15) is 11.6 Å². The third-order valence-electron chi connectivity index (χ3n) is 5.02. The molecular formula is C20H22N6O. The number of carbonyl (C=O) groups is 1. The summed E-state index contributed by atoms with van der Waals surface area (Å²) in [7, 11) is 2.00. The monoisotopic (exact) mass is 362 g/mol. The van der Waals surface area contributed by atoms with E-state index in [-0.39, 0.29) is 11.9 Å². The number of hydrazine groups is 1. The molecule has 3 heterocycles. The molecule has 1 aliphatic carbocycles. The molecule has 27 heavy (non-hydrogen) atoms. The van der Waals surface area contributed by atoms with Crippen molar-refractivity contribution in [3.05, 3.63) is 65.0 Å². The highest BCUT2D eigenvalue weighted by Gasteiger charge is 2.34. The first kappa shape index (κ1) is 17.2. The van der Waals surface area contributed by atoms with Crippen LogP contribution < -0.4 is 16.5 Å². The number of hydrogen-bond acceptors (Lipinski definition) is 6. The van der Waals surface area contributed by atoms with Crippen LogP contribution in [0, 0.1) is 6.92 Å². The van der Waals surface area contributed by atoms with E-state index in [1.807, 2.05) is 43.3 Å². The van der Waals surface area contributed by atoms with Crippen molar-refractivity contribution in [1.29, 1.82) is 0 Å². The molecule has 1 unspecified atom stereocenters. The molecule has 2 aromatic rings. The standard InChI is InChI=1S/C20H22N6O/c1-12-11-23-19(21)16-17(12)25-26(2)18(16)13-6-8-14(9-7-13)20(27)24-15-5-3-4-10-22-15/h3-6,8,10-11,18,25H,7,9H2,1-2H3,(H2,21,23)(H,22,24,27). The van der Waals surface area contributed by atoms with Gasteiger partial charge in [-0.15, -0.1) is 0 Å². The van der Waals surface area contributed by atoms with Crippen LogP contribution in [0.2, 0.25) is 0 Å². The summed E-state index contributed by atoms with van der Waals surface area (Å²) < 4.78 is 0. The van der Waals surface area contributed by atoms with Crippen molar-refractivity contribution < 1.29 is 4.79 Å². The van der Waals surface area contributed by atoms with Crippen LogP contribution in [-0.2, 0) is 4.79 Å². The average Bonchev–Trinajstić information content (AvgIpc) is 3.04. The van der Waals surface area contributed by atoms with Crippen LogP contribution in [0.4, 0.5) is 17.3 Å². The van der Waals surface area contributed by atoms with Crippen molar-refractivity contribution in [2.24, 2.45) is 0 Å². The molecule has 1 amide bonds. The number of allylic oxidation sites excluding steroid dienone is 2. The number of aryl methyl sites for hydroxylation is 1. The van der Waals surface area contributed by atoms with E-state index in [0.29, 0.717) is 18.1 Å². The van der Waals surface area contributed by atoms with Gasteiger partial charge < -0.3 is 16.5 Å². The minimum Gasteiger partial charge on any atom is -0.383 e. The second kappa shape index (κ2) is 6.85. The highest BCUT2D eigenvalue weighted by atomic mass is 16.1. The number of nitrogens with one attached hydrogen (secondary N) is 2. The summed E-state index contributed by atoms with van der Waals surface area (Å²) >= 11 is 0. The molecule has 1 atom stereocenters. The summed E-state index contributed by atoms with van der Waals surface area (Å²) in [5, 5.41) is 4.89. The minimum absolute atomic E-state index is 0.0176. The SMILES string of the molecule is Cc1cnc(N)c2c1NN(C)C2C1=CC=C(C(=O)Nc2ccccn2)CC1. The van der Waals surface area contributed by atoms with E-state index in [0.717, 1.165) is 28.8 Å². The summed E-state index contributed by atoms with van der Waals surface area (Å²) in [6.45, 7) is 2.02. The minimum atomic E-state index is -0.112. The Balaban J connectivity index is 1.57. The Morgan fingerprint density at radius 1 is 1.30 bits per heavy atom. The van der Waals surface area contributed by atoms with E-state index in [1.54, 1.807) is 18.5 Å². The number of anilines is 3. The number of amides is 1. The largest absolute Gasteiger partial charge is 0.383 e. The molecule has 0 saturated carbocycles. The first-order chi connectivity index (χ1) is 13.0. The summed E-state index contributed by atoms with van der Waals surface area (Å²) in [6, 6.07) is 5.45. The number of carbonyl (C=O) groups excluding carboxylic acids is 1. The number of nitrogens with zero attached hydrogens (tertiary/aromatic N) is 3. The molecule has 2 aliphatic rings. The van der Waals surface area contributed by atoms with Crippen LogP contribution in [0.5, 0.6) is 0 Å². The lowest BCUT2D eigenvalue weighted by atomic mass is 9.89. The van der Waals surface area contributed by atoms with Crippen LogP contribution in [0.25, 0.3) is 0 Å². The predicted molar refractivity (Wildman–Crippen MR) is 106 cm³/mol. The van der Waals surface area contributed by atoms with Crippen molar-refractivity contribution in [3.63, 3.8) is 0 Å². The Morgan fingerprint density at radius 2 is 2.15 bits per heavy atom. The molecular weight excluding hydrogens is 340 g/mol. The Kier molecular flexibility index (Phi) is 4.37. The van der Waals surface area contributed by atoms with Gasteiger partial charge in [0.2, 0.25) is 0 Å². The maximum absolute atomic E-state index is 12.5. The fraction of sp³-hybridized carbons (Fsp3) is 0.250. The molecule has 0 radical (unpaired) electrons. The third kappa shape index (κ3) is 3.17. The van der Waals surface area contributed by atoms with Gasteiger partial charge in [0.05, 0.1) is 11.7 Å². The lowest BCUT2D eigenvalue weighted by Gasteiger charge is -2.25. The van der Waals surface area contributed by atoms with Crippen molar-refractivity contribution >= 4 is 23.2 Å². The number of hydrogen-bond donors (Lipinski definition) is 3. The maximum Gasteiger partial charge on any atom is 0.252 e. The third-order valence-corrected chi connectivity index (χ3v) is 5.02. The normalized spacial score (nSPS) is 19.0. The molecule has 1 aliphatic heterocycles. The molecule has 0 aromatic carbocycles. The molecule has 0 fully saturated rings. The van der Waals surface area contributed by atoms with Crippen molar-refractivity contribution in [2.75, 3.05) is 23.5 Å². The van der Waals surface area contributed by atoms with E-state index in [4.69, 9.17) is 5.73 Å². The molecule has 0 saturated heterocycles. The van der Waals surface area contributed by atoms with Gasteiger partial charge in [-0.2, -0.15) is 0 Å². The van der Waals surface area contributed by atoms with Gasteiger partial charge in [0.25, 0.3) is 5.91 Å². The number of aromatic nitrogens is 2. The zero-order chi connectivity index (χ0) is 19.0. The fourth-order valence-corrected chi connectivity index (χ4v) is 3.64. The van der Waals surface area contributed by atoms with Crippen molar-refractivity contribution in [3.8, 4) is 0 Å². The molecule has 0 bridgehead atoms. The topological polar surface area (TPSA) is 96.2 Å². The van der Waals surface area contributed by atoms with Crippen LogP contribution in [0.15, 0.2) is 53.9 Å². The van der Waals surface area contributed by atoms with Gasteiger partial charge in [-0.05, 0) is 43.0 Å². The fourth-order valence-electron chi connectivity index (χ4n) is 3.64. The van der Waals surface area contributed by atoms with Crippen LogP contribution in [0.3, 0.4) is 0 Å². The molecule has 2 aromatic heterocycles. The maximum atomic E-state index is 12.5. The first-order valence-electron chi connectivity index (χ1n) is 8.91. The van der Waals surface area contributed by atoms with E-state index in [9.17, 15) is 4.79 Å². The Bertz CT molecular complexity index is 950. The Labute approximate surface area is 158 Å². The summed E-state index contributed by atoms with van der Waals surface area (Å²) in [5.41, 5.74) is 14.6. The van der Waals surface area contributed by atoms with Gasteiger partial charge in [0, 0.05) is 30.6 Å². The van der Waals surface area contributed by atoms with Gasteiger partial charge in [-0.3, -0.25) is 4.79 Å². The van der Waals surface area contributed by atoms with E-state index < -0.39 is 0 Å². The van der Waals surface area contributed by atoms with Crippen molar-refractivity contribution in [1.82, 2.24) is 15.0 Å². The summed E-state index contributed by atoms with van der Waals surface area (Å²) in [6.07, 6.45) is 8.81. The van der Waals surface area contributed by atoms with Gasteiger partial charge in [-0.25, -0.2) is 15.0 Å². The van der Waals surface area contributed by atoms with Crippen LogP contribution >= 0.6 is 0 Å². The zero-order valence-electron chi connectivity index (χ0n) is 15.4. The number of fused-ring (bicyclic) bond motifs is 1. The number of nitrogen functional groups attached to an aromatic ring is 1. The van der Waals surface area contributed by atoms with Gasteiger partial charge in [-0.1, -0.05) is 18.2 Å². The second-order valence-corrected chi connectivity index (χ2v) is 6.84. The molecule has 138 valence electrons. The highest BCUT2D eigenvalue weighted by Crippen LogP contribution is 2.45. The van der Waals surface area contributed by atoms with Crippen molar-refractivity contribution in [2.45, 2.75) is 25.8 Å². The molecule has 7 heteroatoms. The number of nitrogens with two attached hydrogens (primary N) is 1. The average molecular weight is 362 g/mol. The lowest BCUT2D eigenvalue weighted by molar-refractivity contribution is -0.113. The summed E-state index contributed by atoms with van der Waals surface area (Å²) in [4.78, 5) is 20.9. The Morgan fingerprint density at radius 3 is 2.85 bits per heavy atom. The molecule has 4 rings (SSSR count). The lowest BCUT2D eigenvalue weighted by Crippen LogP contribution is -2.26. The Hall–Kier alpha value is -3.19. The number of pyridine rings is 2. The zero-order valence-corrected chi connectivity index (χ0v) is 15.4. The smallest absolute Gasteiger partial charge is 0.252 e. The summed E-state index contributed by atoms with van der Waals surface area (Å²) in [5.74, 6) is 0.988. The van der Waals surface area contributed by atoms with Crippen LogP contribution in [0.1, 0.15) is 30.0 Å². The second-order valence-electron chi connectivity index (χ2n) is 6.84. The highest BCUT2D eigenvalue weighted by molar-refractivity contribution is 6.03. The van der Waals surface area contributed by atoms with E-state index >= 15 is 0 Å². The molecule has 7 nitrogen and oxygen atoms in total. The van der Waals surface area contributed by atoms with E-state index in [1.165, 1.54) is 5.57 Å².